The van der Waals surface area contributed by atoms with Gasteiger partial charge in [-0.3, -0.25) is 4.79 Å². The standard InChI is InChI=1S/C26H28N2O6/c29-23(28-11-9-26(33,10-12-28)24(30)31)16-13-17(14-16)27-25(32)34-15-22-20-7-3-1-5-18(20)19-6-2-4-8-21(19)22/h1-8,16-17,22,33H,9-15H2,(H,27,32)(H,30,31). The minimum absolute atomic E-state index is 0.00239. The maximum Gasteiger partial charge on any atom is 0.407 e. The van der Waals surface area contributed by atoms with E-state index in [0.717, 1.165) is 11.1 Å². The van der Waals surface area contributed by atoms with Crippen LogP contribution in [0.5, 0.6) is 0 Å². The number of carbonyl (C=O) groups is 3. The summed E-state index contributed by atoms with van der Waals surface area (Å²) in [6.45, 7) is 0.695. The molecule has 8 nitrogen and oxygen atoms in total. The van der Waals surface area contributed by atoms with Gasteiger partial charge in [-0.05, 0) is 35.1 Å². The Bertz CT molecular complexity index is 1070. The second kappa shape index (κ2) is 8.76. The molecule has 0 spiro atoms. The third-order valence-corrected chi connectivity index (χ3v) is 7.45. The van der Waals surface area contributed by atoms with Crippen molar-refractivity contribution in [2.45, 2.75) is 43.2 Å². The predicted molar refractivity (Wildman–Crippen MR) is 123 cm³/mol. The highest BCUT2D eigenvalue weighted by Crippen LogP contribution is 2.44. The van der Waals surface area contributed by atoms with Crippen molar-refractivity contribution in [3.05, 3.63) is 59.7 Å². The average molecular weight is 465 g/mol. The van der Waals surface area contributed by atoms with Crippen molar-refractivity contribution in [1.29, 1.82) is 0 Å². The Labute approximate surface area is 197 Å². The number of nitrogens with zero attached hydrogens (tertiary/aromatic N) is 1. The number of piperidine rings is 1. The molecule has 2 aliphatic carbocycles. The number of ether oxygens (including phenoxy) is 1. The lowest BCUT2D eigenvalue weighted by Gasteiger charge is -2.41. The van der Waals surface area contributed by atoms with Gasteiger partial charge in [0.1, 0.15) is 6.61 Å². The number of hydrogen-bond donors (Lipinski definition) is 3. The zero-order chi connectivity index (χ0) is 23.9. The Balaban J connectivity index is 1.09. The summed E-state index contributed by atoms with van der Waals surface area (Å²) >= 11 is 0. The minimum Gasteiger partial charge on any atom is -0.479 e. The van der Waals surface area contributed by atoms with Crippen molar-refractivity contribution < 1.29 is 29.3 Å². The number of hydrogen-bond acceptors (Lipinski definition) is 5. The van der Waals surface area contributed by atoms with Gasteiger partial charge in [0, 0.05) is 43.8 Å². The number of alkyl carbamates (subject to hydrolysis) is 1. The maximum absolute atomic E-state index is 12.7. The lowest BCUT2D eigenvalue weighted by molar-refractivity contribution is -0.166. The van der Waals surface area contributed by atoms with E-state index in [2.05, 4.69) is 29.6 Å². The van der Waals surface area contributed by atoms with Gasteiger partial charge in [-0.25, -0.2) is 9.59 Å². The molecular weight excluding hydrogens is 436 g/mol. The number of carbonyl (C=O) groups excluding carboxylic acids is 2. The van der Waals surface area contributed by atoms with Gasteiger partial charge in [0.2, 0.25) is 5.91 Å². The molecule has 1 saturated carbocycles. The Kier molecular flexibility index (Phi) is 5.77. The van der Waals surface area contributed by atoms with E-state index >= 15 is 0 Å². The van der Waals surface area contributed by atoms with Crippen molar-refractivity contribution in [1.82, 2.24) is 10.2 Å². The molecule has 0 unspecified atom stereocenters. The van der Waals surface area contributed by atoms with Gasteiger partial charge in [0.05, 0.1) is 0 Å². The third kappa shape index (κ3) is 4.03. The average Bonchev–Trinajstić information content (AvgIpc) is 3.13. The molecule has 5 rings (SSSR count). The van der Waals surface area contributed by atoms with Crippen LogP contribution in [0.25, 0.3) is 11.1 Å². The number of aliphatic carboxylic acids is 1. The number of nitrogens with one attached hydrogen (secondary N) is 1. The first kappa shape index (κ1) is 22.4. The molecular formula is C26H28N2O6. The van der Waals surface area contributed by atoms with Gasteiger partial charge in [-0.2, -0.15) is 0 Å². The van der Waals surface area contributed by atoms with Crippen LogP contribution in [0.1, 0.15) is 42.7 Å². The third-order valence-electron chi connectivity index (χ3n) is 7.45. The minimum atomic E-state index is -1.75. The number of aliphatic hydroxyl groups is 1. The van der Waals surface area contributed by atoms with E-state index in [9.17, 15) is 19.5 Å². The SMILES string of the molecule is O=C(NC1CC(C(=O)N2CCC(O)(C(=O)O)CC2)C1)OCC1c2ccccc2-c2ccccc21. The molecule has 0 aromatic heterocycles. The number of rotatable bonds is 5. The Morgan fingerprint density at radius 2 is 1.53 bits per heavy atom. The van der Waals surface area contributed by atoms with Gasteiger partial charge in [-0.15, -0.1) is 0 Å². The number of benzene rings is 2. The highest BCUT2D eigenvalue weighted by molar-refractivity contribution is 5.82. The van der Waals surface area contributed by atoms with Crippen LogP contribution in [-0.4, -0.2) is 64.4 Å². The van der Waals surface area contributed by atoms with E-state index in [1.165, 1.54) is 11.1 Å². The van der Waals surface area contributed by atoms with E-state index in [0.29, 0.717) is 12.8 Å². The van der Waals surface area contributed by atoms with Crippen LogP contribution in [0.15, 0.2) is 48.5 Å². The molecule has 178 valence electrons. The normalized spacial score (nSPS) is 22.8. The fourth-order valence-electron chi connectivity index (χ4n) is 5.31. The molecule has 0 atom stereocenters. The fraction of sp³-hybridized carbons (Fsp3) is 0.423. The summed E-state index contributed by atoms with van der Waals surface area (Å²) in [5, 5.41) is 22.0. The molecule has 1 aliphatic heterocycles. The summed E-state index contributed by atoms with van der Waals surface area (Å²) in [5.41, 5.74) is 2.91. The monoisotopic (exact) mass is 464 g/mol. The number of likely N-dealkylation sites (tertiary alicyclic amines) is 1. The van der Waals surface area contributed by atoms with Crippen molar-refractivity contribution >= 4 is 18.0 Å². The Morgan fingerprint density at radius 1 is 0.971 bits per heavy atom. The first-order valence-electron chi connectivity index (χ1n) is 11.7. The van der Waals surface area contributed by atoms with E-state index in [-0.39, 0.29) is 56.3 Å². The van der Waals surface area contributed by atoms with E-state index in [1.807, 2.05) is 24.3 Å². The molecule has 2 amide bonds. The van der Waals surface area contributed by atoms with Gasteiger partial charge >= 0.3 is 12.1 Å². The molecule has 2 aromatic carbocycles. The first-order valence-corrected chi connectivity index (χ1v) is 11.7. The number of carboxylic acid groups (broad SMARTS) is 1. The summed E-state index contributed by atoms with van der Waals surface area (Å²) in [5.74, 6) is -1.49. The van der Waals surface area contributed by atoms with E-state index in [1.54, 1.807) is 4.90 Å². The van der Waals surface area contributed by atoms with Gasteiger partial charge < -0.3 is 25.2 Å². The molecule has 8 heteroatoms. The summed E-state index contributed by atoms with van der Waals surface area (Å²) in [7, 11) is 0. The molecule has 1 saturated heterocycles. The van der Waals surface area contributed by atoms with E-state index < -0.39 is 17.7 Å². The molecule has 34 heavy (non-hydrogen) atoms. The zero-order valence-electron chi connectivity index (χ0n) is 18.8. The second-order valence-corrected chi connectivity index (χ2v) is 9.50. The number of amides is 2. The van der Waals surface area contributed by atoms with Crippen LogP contribution in [-0.2, 0) is 14.3 Å². The predicted octanol–water partition coefficient (Wildman–Crippen LogP) is 2.74. The number of fused-ring (bicyclic) bond motifs is 3. The highest BCUT2D eigenvalue weighted by atomic mass is 16.5. The summed E-state index contributed by atoms with van der Waals surface area (Å²) in [4.78, 5) is 37.9. The molecule has 1 heterocycles. The van der Waals surface area contributed by atoms with E-state index in [4.69, 9.17) is 9.84 Å². The van der Waals surface area contributed by atoms with Gasteiger partial charge in [0.25, 0.3) is 0 Å². The van der Waals surface area contributed by atoms with Crippen LogP contribution in [0, 0.1) is 5.92 Å². The second-order valence-electron chi connectivity index (χ2n) is 9.50. The number of carboxylic acids is 1. The summed E-state index contributed by atoms with van der Waals surface area (Å²) < 4.78 is 5.57. The Morgan fingerprint density at radius 3 is 2.09 bits per heavy atom. The fourth-order valence-corrected chi connectivity index (χ4v) is 5.31. The molecule has 0 bridgehead atoms. The van der Waals surface area contributed by atoms with Crippen LogP contribution in [0.2, 0.25) is 0 Å². The topological polar surface area (TPSA) is 116 Å². The van der Waals surface area contributed by atoms with Crippen LogP contribution >= 0.6 is 0 Å². The van der Waals surface area contributed by atoms with Crippen LogP contribution in [0.3, 0.4) is 0 Å². The van der Waals surface area contributed by atoms with Crippen LogP contribution in [0.4, 0.5) is 4.79 Å². The van der Waals surface area contributed by atoms with Crippen LogP contribution < -0.4 is 5.32 Å². The smallest absolute Gasteiger partial charge is 0.407 e. The first-order chi connectivity index (χ1) is 16.4. The quantitative estimate of drug-likeness (QED) is 0.627. The van der Waals surface area contributed by atoms with Crippen molar-refractivity contribution in [2.24, 2.45) is 5.92 Å². The molecule has 0 radical (unpaired) electrons. The molecule has 2 aromatic rings. The van der Waals surface area contributed by atoms with Crippen molar-refractivity contribution in [3.8, 4) is 11.1 Å². The van der Waals surface area contributed by atoms with Gasteiger partial charge in [-0.1, -0.05) is 48.5 Å². The summed E-state index contributed by atoms with van der Waals surface area (Å²) in [6.07, 6.45) is 0.637. The molecule has 3 N–H and O–H groups in total. The lowest BCUT2D eigenvalue weighted by atomic mass is 9.78. The molecule has 3 aliphatic rings. The maximum atomic E-state index is 12.7. The lowest BCUT2D eigenvalue weighted by Crippen LogP contribution is -2.55. The molecule has 2 fully saturated rings. The van der Waals surface area contributed by atoms with Crippen molar-refractivity contribution in [2.75, 3.05) is 19.7 Å². The summed E-state index contributed by atoms with van der Waals surface area (Å²) in [6, 6.07) is 16.2. The zero-order valence-corrected chi connectivity index (χ0v) is 18.8. The highest BCUT2D eigenvalue weighted by Gasteiger charge is 2.44. The van der Waals surface area contributed by atoms with Crippen molar-refractivity contribution in [3.63, 3.8) is 0 Å². The largest absolute Gasteiger partial charge is 0.479 e. The van der Waals surface area contributed by atoms with Gasteiger partial charge in [0.15, 0.2) is 5.60 Å². The Hall–Kier alpha value is -3.39.